The molecular weight excluding hydrogens is 520 g/mol. The number of anilines is 1. The molecule has 1 fully saturated rings. The number of carbonyl (C=O) groups excluding carboxylic acids is 1. The van der Waals surface area contributed by atoms with Gasteiger partial charge < -0.3 is 14.8 Å². The molecular formula is C27H29ClN8O3. The molecule has 4 aromatic rings. The van der Waals surface area contributed by atoms with Crippen molar-refractivity contribution in [2.24, 2.45) is 13.0 Å². The topological polar surface area (TPSA) is 130 Å². The van der Waals surface area contributed by atoms with E-state index >= 15 is 0 Å². The first-order valence-corrected chi connectivity index (χ1v) is 13.1. The number of ether oxygens (including phenoxy) is 2. The van der Waals surface area contributed by atoms with Crippen molar-refractivity contribution in [3.63, 3.8) is 0 Å². The highest BCUT2D eigenvalue weighted by Crippen LogP contribution is 2.31. The van der Waals surface area contributed by atoms with Gasteiger partial charge in [0.05, 0.1) is 42.8 Å². The van der Waals surface area contributed by atoms with Crippen molar-refractivity contribution < 1.29 is 14.3 Å². The number of rotatable bonds is 8. The summed E-state index contributed by atoms with van der Waals surface area (Å²) in [6.07, 6.45) is 3.22. The molecule has 1 aliphatic rings. The van der Waals surface area contributed by atoms with E-state index in [0.29, 0.717) is 41.9 Å². The minimum Gasteiger partial charge on any atom is -0.489 e. The largest absolute Gasteiger partial charge is 0.489 e. The quantitative estimate of drug-likeness (QED) is 0.316. The van der Waals surface area contributed by atoms with Crippen LogP contribution in [0.1, 0.15) is 37.1 Å². The van der Waals surface area contributed by atoms with Gasteiger partial charge in [-0.2, -0.15) is 15.0 Å². The molecule has 3 heterocycles. The van der Waals surface area contributed by atoms with Crippen LogP contribution in [0.2, 0.25) is 5.28 Å². The van der Waals surface area contributed by atoms with Crippen LogP contribution in [0.4, 0.5) is 5.95 Å². The Morgan fingerprint density at radius 2 is 1.92 bits per heavy atom. The molecule has 0 aliphatic heterocycles. The van der Waals surface area contributed by atoms with Crippen LogP contribution in [0.5, 0.6) is 5.75 Å². The molecule has 5 rings (SSSR count). The third-order valence-corrected chi connectivity index (χ3v) is 6.90. The van der Waals surface area contributed by atoms with Gasteiger partial charge in [-0.15, -0.1) is 5.10 Å². The van der Waals surface area contributed by atoms with Crippen molar-refractivity contribution in [2.75, 3.05) is 12.4 Å². The van der Waals surface area contributed by atoms with Crippen molar-refractivity contribution >= 4 is 23.5 Å². The Hall–Kier alpha value is -4.12. The van der Waals surface area contributed by atoms with E-state index in [1.807, 2.05) is 56.4 Å². The molecule has 0 spiro atoms. The highest BCUT2D eigenvalue weighted by atomic mass is 35.5. The van der Waals surface area contributed by atoms with E-state index in [0.717, 1.165) is 36.2 Å². The molecule has 0 amide bonds. The Morgan fingerprint density at radius 3 is 2.69 bits per heavy atom. The first-order valence-electron chi connectivity index (χ1n) is 12.7. The van der Waals surface area contributed by atoms with Crippen molar-refractivity contribution in [1.29, 1.82) is 0 Å². The number of aryl methyl sites for hydroxylation is 2. The summed E-state index contributed by atoms with van der Waals surface area (Å²) in [4.78, 5) is 29.7. The number of aromatic nitrogens is 7. The van der Waals surface area contributed by atoms with Gasteiger partial charge in [0.1, 0.15) is 11.4 Å². The third-order valence-electron chi connectivity index (χ3n) is 6.73. The lowest BCUT2D eigenvalue weighted by atomic mass is 9.87. The summed E-state index contributed by atoms with van der Waals surface area (Å²) < 4.78 is 12.8. The van der Waals surface area contributed by atoms with E-state index in [2.05, 4.69) is 30.6 Å². The fourth-order valence-corrected chi connectivity index (χ4v) is 4.86. The zero-order chi connectivity index (χ0) is 27.4. The molecule has 0 radical (unpaired) electrons. The number of benzene rings is 1. The van der Waals surface area contributed by atoms with E-state index in [4.69, 9.17) is 26.1 Å². The number of methoxy groups -OCH3 is 1. The lowest BCUT2D eigenvalue weighted by Gasteiger charge is -2.28. The number of nitrogens with one attached hydrogen (secondary N) is 1. The maximum Gasteiger partial charge on any atom is 0.308 e. The highest BCUT2D eigenvalue weighted by Gasteiger charge is 2.29. The molecule has 0 saturated heterocycles. The summed E-state index contributed by atoms with van der Waals surface area (Å²) in [5, 5.41) is 11.8. The normalized spacial score (nSPS) is 17.0. The van der Waals surface area contributed by atoms with Gasteiger partial charge in [0.25, 0.3) is 0 Å². The van der Waals surface area contributed by atoms with E-state index in [-0.39, 0.29) is 23.3 Å². The van der Waals surface area contributed by atoms with Crippen LogP contribution in [-0.2, 0) is 23.1 Å². The zero-order valence-corrected chi connectivity index (χ0v) is 22.7. The second-order valence-corrected chi connectivity index (χ2v) is 9.72. The Morgan fingerprint density at radius 1 is 1.10 bits per heavy atom. The van der Waals surface area contributed by atoms with Crippen LogP contribution in [0, 0.1) is 12.8 Å². The molecule has 0 bridgehead atoms. The average molecular weight is 549 g/mol. The van der Waals surface area contributed by atoms with Crippen molar-refractivity contribution in [1.82, 2.24) is 34.9 Å². The van der Waals surface area contributed by atoms with Crippen LogP contribution in [0.25, 0.3) is 22.8 Å². The maximum atomic E-state index is 12.0. The molecule has 3 aromatic heterocycles. The molecule has 12 heteroatoms. The van der Waals surface area contributed by atoms with Gasteiger partial charge in [-0.3, -0.25) is 4.79 Å². The van der Waals surface area contributed by atoms with Crippen LogP contribution < -0.4 is 10.1 Å². The summed E-state index contributed by atoms with van der Waals surface area (Å²) in [5.41, 5.74) is 3.66. The summed E-state index contributed by atoms with van der Waals surface area (Å²) in [5.74, 6) is 1.20. The number of hydrogen-bond acceptors (Lipinski definition) is 10. The predicted molar refractivity (Wildman–Crippen MR) is 145 cm³/mol. The number of esters is 1. The lowest BCUT2D eigenvalue weighted by molar-refractivity contribution is -0.147. The van der Waals surface area contributed by atoms with E-state index < -0.39 is 0 Å². The molecule has 0 unspecified atom stereocenters. The molecule has 1 N–H and O–H groups in total. The first-order chi connectivity index (χ1) is 18.9. The molecule has 39 heavy (non-hydrogen) atoms. The van der Waals surface area contributed by atoms with Gasteiger partial charge in [-0.1, -0.05) is 35.5 Å². The SMILES string of the molecule is COC(=O)[C@H]1CCC[C@H](Oc2ccc(-c3nnn(C)c3CNc3nc(Cl)nc(-c4ccccc4)n3)nc2C)C1. The molecule has 11 nitrogen and oxygen atoms in total. The van der Waals surface area contributed by atoms with Gasteiger partial charge >= 0.3 is 5.97 Å². The van der Waals surface area contributed by atoms with Crippen LogP contribution >= 0.6 is 11.6 Å². The molecule has 1 saturated carbocycles. The van der Waals surface area contributed by atoms with Gasteiger partial charge in [-0.25, -0.2) is 9.67 Å². The number of halogens is 1. The van der Waals surface area contributed by atoms with E-state index in [1.54, 1.807) is 4.68 Å². The fourth-order valence-electron chi connectivity index (χ4n) is 4.70. The van der Waals surface area contributed by atoms with Crippen LogP contribution in [-0.4, -0.2) is 54.1 Å². The molecule has 202 valence electrons. The second-order valence-electron chi connectivity index (χ2n) is 9.39. The Kier molecular flexibility index (Phi) is 7.97. The Balaban J connectivity index is 1.31. The zero-order valence-electron chi connectivity index (χ0n) is 22.0. The van der Waals surface area contributed by atoms with Gasteiger partial charge in [0.2, 0.25) is 11.2 Å². The van der Waals surface area contributed by atoms with Crippen molar-refractivity contribution in [2.45, 2.75) is 45.3 Å². The predicted octanol–water partition coefficient (Wildman–Crippen LogP) is 4.41. The minimum atomic E-state index is -0.173. The standard InChI is InChI=1S/C27H29ClN8O3/c1-16-22(39-19-11-7-10-18(14-19)25(37)38-3)13-12-20(30-16)23-21(36(2)35-34-23)15-29-27-32-24(31-26(28)33-27)17-8-5-4-6-9-17/h4-6,8-9,12-13,18-19H,7,10-11,14-15H2,1-3H3,(H,29,31,32,33)/t18-,19-/m0/s1. The maximum absolute atomic E-state index is 12.0. The lowest BCUT2D eigenvalue weighted by Crippen LogP contribution is -2.30. The van der Waals surface area contributed by atoms with Crippen molar-refractivity contribution in [3.05, 3.63) is 59.1 Å². The summed E-state index contributed by atoms with van der Waals surface area (Å²) in [7, 11) is 3.24. The van der Waals surface area contributed by atoms with Crippen LogP contribution in [0.15, 0.2) is 42.5 Å². The van der Waals surface area contributed by atoms with Gasteiger partial charge in [0, 0.05) is 12.6 Å². The Labute approximate surface area is 231 Å². The second kappa shape index (κ2) is 11.7. The molecule has 1 aliphatic carbocycles. The number of carbonyl (C=O) groups is 1. The van der Waals surface area contributed by atoms with Crippen molar-refractivity contribution in [3.8, 4) is 28.5 Å². The molecule has 2 atom stereocenters. The van der Waals surface area contributed by atoms with Crippen LogP contribution in [0.3, 0.4) is 0 Å². The highest BCUT2D eigenvalue weighted by molar-refractivity contribution is 6.28. The number of hydrogen-bond donors (Lipinski definition) is 1. The van der Waals surface area contributed by atoms with E-state index in [9.17, 15) is 4.79 Å². The molecule has 1 aromatic carbocycles. The average Bonchev–Trinajstić information content (AvgIpc) is 3.33. The summed E-state index contributed by atoms with van der Waals surface area (Å²) >= 11 is 6.17. The monoisotopic (exact) mass is 548 g/mol. The van der Waals surface area contributed by atoms with E-state index in [1.165, 1.54) is 7.11 Å². The van der Waals surface area contributed by atoms with Gasteiger partial charge in [0.15, 0.2) is 5.82 Å². The smallest absolute Gasteiger partial charge is 0.308 e. The Bertz CT molecular complexity index is 1460. The fraction of sp³-hybridized carbons (Fsp3) is 0.370. The number of nitrogens with zero attached hydrogens (tertiary/aromatic N) is 7. The van der Waals surface area contributed by atoms with Gasteiger partial charge in [-0.05, 0) is 56.3 Å². The number of pyridine rings is 1. The summed E-state index contributed by atoms with van der Waals surface area (Å²) in [6, 6.07) is 13.3. The summed E-state index contributed by atoms with van der Waals surface area (Å²) in [6.45, 7) is 2.23. The third kappa shape index (κ3) is 6.14. The first kappa shape index (κ1) is 26.5. The minimum absolute atomic E-state index is 0.0570.